The fraction of sp³-hybridized carbons (Fsp3) is 0.0625. The van der Waals surface area contributed by atoms with Gasteiger partial charge in [-0.1, -0.05) is 202 Å². The lowest BCUT2D eigenvalue weighted by Crippen LogP contribution is -2.26. The molecule has 0 bridgehead atoms. The Bertz CT molecular complexity index is 3750. The van der Waals surface area contributed by atoms with Crippen LogP contribution in [0.25, 0.3) is 75.8 Å². The third-order valence-corrected chi connectivity index (χ3v) is 16.3. The van der Waals surface area contributed by atoms with Crippen molar-refractivity contribution in [2.75, 3.05) is 4.90 Å². The zero-order chi connectivity index (χ0) is 43.7. The second-order valence-electron chi connectivity index (χ2n) is 18.7. The SMILES string of the molecule is CC1(C)c2ccccc2-c2c(-c3ccc(N(c4ccc(-c5cccc6c5sc5ccccc56)cc4)c4cccc5c4-c4ccccc4C54c5ccccc5-c5ccccc54)cc3)cccc21. The van der Waals surface area contributed by atoms with Crippen LogP contribution < -0.4 is 4.90 Å². The Morgan fingerprint density at radius 1 is 0.333 bits per heavy atom. The first kappa shape index (κ1) is 37.6. The fourth-order valence-corrected chi connectivity index (χ4v) is 13.5. The van der Waals surface area contributed by atoms with Crippen LogP contribution >= 0.6 is 11.3 Å². The number of fused-ring (bicyclic) bond motifs is 16. The molecule has 10 aromatic carbocycles. The molecule has 310 valence electrons. The van der Waals surface area contributed by atoms with Gasteiger partial charge in [0.2, 0.25) is 0 Å². The van der Waals surface area contributed by atoms with Gasteiger partial charge in [0.1, 0.15) is 0 Å². The lowest BCUT2D eigenvalue weighted by atomic mass is 9.70. The van der Waals surface area contributed by atoms with E-state index < -0.39 is 5.41 Å². The Kier molecular flexibility index (Phi) is 7.89. The summed E-state index contributed by atoms with van der Waals surface area (Å²) in [5, 5.41) is 2.64. The van der Waals surface area contributed by atoms with Crippen molar-refractivity contribution < 1.29 is 0 Å². The van der Waals surface area contributed by atoms with Gasteiger partial charge in [-0.25, -0.2) is 0 Å². The van der Waals surface area contributed by atoms with Crippen LogP contribution in [0.3, 0.4) is 0 Å². The predicted molar refractivity (Wildman–Crippen MR) is 279 cm³/mol. The van der Waals surface area contributed by atoms with E-state index in [4.69, 9.17) is 0 Å². The number of rotatable bonds is 5. The average molecular weight is 858 g/mol. The third kappa shape index (κ3) is 5.00. The highest BCUT2D eigenvalue weighted by atomic mass is 32.1. The molecule has 2 heteroatoms. The second kappa shape index (κ2) is 13.9. The summed E-state index contributed by atoms with van der Waals surface area (Å²) in [5.74, 6) is 0. The highest BCUT2D eigenvalue weighted by Crippen LogP contribution is 2.65. The minimum absolute atomic E-state index is 0.0605. The molecular formula is C64H43NS. The van der Waals surface area contributed by atoms with Crippen LogP contribution in [-0.2, 0) is 10.8 Å². The quantitative estimate of drug-likeness (QED) is 0.167. The summed E-state index contributed by atoms with van der Waals surface area (Å²) in [4.78, 5) is 2.50. The molecule has 1 aromatic heterocycles. The fourth-order valence-electron chi connectivity index (χ4n) is 12.3. The maximum absolute atomic E-state index is 2.50. The van der Waals surface area contributed by atoms with Gasteiger partial charge in [0.15, 0.2) is 0 Å². The van der Waals surface area contributed by atoms with Crippen molar-refractivity contribution in [3.63, 3.8) is 0 Å². The first-order valence-electron chi connectivity index (χ1n) is 23.1. The van der Waals surface area contributed by atoms with Crippen LogP contribution in [0, 0.1) is 0 Å². The number of benzene rings is 10. The number of hydrogen-bond donors (Lipinski definition) is 0. The summed E-state index contributed by atoms with van der Waals surface area (Å²) >= 11 is 1.89. The summed E-state index contributed by atoms with van der Waals surface area (Å²) in [6.45, 7) is 4.72. The maximum Gasteiger partial charge on any atom is 0.0726 e. The Morgan fingerprint density at radius 2 is 0.788 bits per heavy atom. The normalized spacial score (nSPS) is 14.2. The van der Waals surface area contributed by atoms with Gasteiger partial charge in [-0.3, -0.25) is 0 Å². The van der Waals surface area contributed by atoms with Crippen LogP contribution in [0.4, 0.5) is 17.1 Å². The molecule has 14 rings (SSSR count). The molecule has 3 aliphatic rings. The Hall–Kier alpha value is -7.78. The van der Waals surface area contributed by atoms with Crippen molar-refractivity contribution in [1.82, 2.24) is 0 Å². The van der Waals surface area contributed by atoms with Gasteiger partial charge < -0.3 is 4.90 Å². The minimum Gasteiger partial charge on any atom is -0.310 e. The van der Waals surface area contributed by atoms with E-state index in [0.717, 1.165) is 11.4 Å². The lowest BCUT2D eigenvalue weighted by Gasteiger charge is -2.32. The Labute approximate surface area is 389 Å². The maximum atomic E-state index is 2.50. The van der Waals surface area contributed by atoms with Gasteiger partial charge in [0.25, 0.3) is 0 Å². The molecule has 0 aliphatic heterocycles. The Morgan fingerprint density at radius 3 is 1.47 bits per heavy atom. The molecule has 1 spiro atoms. The van der Waals surface area contributed by atoms with E-state index in [1.165, 1.54) is 115 Å². The van der Waals surface area contributed by atoms with E-state index in [1.54, 1.807) is 0 Å². The topological polar surface area (TPSA) is 3.24 Å². The van der Waals surface area contributed by atoms with Gasteiger partial charge in [0, 0.05) is 42.5 Å². The molecule has 11 aromatic rings. The molecule has 0 saturated heterocycles. The number of nitrogens with zero attached hydrogens (tertiary/aromatic N) is 1. The van der Waals surface area contributed by atoms with E-state index in [1.807, 2.05) is 11.3 Å². The lowest BCUT2D eigenvalue weighted by molar-refractivity contribution is 0.660. The summed E-state index contributed by atoms with van der Waals surface area (Å²) in [7, 11) is 0. The van der Waals surface area contributed by atoms with E-state index in [0.29, 0.717) is 0 Å². The average Bonchev–Trinajstić information content (AvgIpc) is 4.07. The molecule has 0 N–H and O–H groups in total. The van der Waals surface area contributed by atoms with Gasteiger partial charge in [-0.05, 0) is 120 Å². The first-order chi connectivity index (χ1) is 32.5. The van der Waals surface area contributed by atoms with Crippen molar-refractivity contribution in [1.29, 1.82) is 0 Å². The molecule has 66 heavy (non-hydrogen) atoms. The van der Waals surface area contributed by atoms with Gasteiger partial charge >= 0.3 is 0 Å². The monoisotopic (exact) mass is 857 g/mol. The minimum atomic E-state index is -0.435. The van der Waals surface area contributed by atoms with Crippen molar-refractivity contribution in [3.05, 3.63) is 258 Å². The summed E-state index contributed by atoms with van der Waals surface area (Å²) in [6.07, 6.45) is 0. The molecule has 1 heterocycles. The number of thiophene rings is 1. The molecule has 0 atom stereocenters. The highest BCUT2D eigenvalue weighted by molar-refractivity contribution is 7.26. The summed E-state index contributed by atoms with van der Waals surface area (Å²) in [5.41, 5.74) is 23.9. The molecule has 0 fully saturated rings. The number of anilines is 3. The van der Waals surface area contributed by atoms with Crippen LogP contribution in [0.2, 0.25) is 0 Å². The van der Waals surface area contributed by atoms with E-state index in [2.05, 4.69) is 243 Å². The number of hydrogen-bond acceptors (Lipinski definition) is 2. The third-order valence-electron chi connectivity index (χ3n) is 15.1. The van der Waals surface area contributed by atoms with Gasteiger partial charge in [-0.15, -0.1) is 11.3 Å². The van der Waals surface area contributed by atoms with Crippen molar-refractivity contribution in [2.24, 2.45) is 0 Å². The zero-order valence-corrected chi connectivity index (χ0v) is 37.5. The summed E-state index contributed by atoms with van der Waals surface area (Å²) in [6, 6.07) is 84.3. The molecule has 0 unspecified atom stereocenters. The van der Waals surface area contributed by atoms with Crippen molar-refractivity contribution in [3.8, 4) is 55.6 Å². The Balaban J connectivity index is 0.973. The van der Waals surface area contributed by atoms with Crippen molar-refractivity contribution >= 4 is 48.6 Å². The van der Waals surface area contributed by atoms with Crippen LogP contribution in [-0.4, -0.2) is 0 Å². The van der Waals surface area contributed by atoms with Crippen LogP contribution in [0.15, 0.2) is 224 Å². The van der Waals surface area contributed by atoms with Crippen LogP contribution in [0.1, 0.15) is 47.2 Å². The smallest absolute Gasteiger partial charge is 0.0726 e. The van der Waals surface area contributed by atoms with Crippen LogP contribution in [0.5, 0.6) is 0 Å². The van der Waals surface area contributed by atoms with Gasteiger partial charge in [-0.2, -0.15) is 0 Å². The zero-order valence-electron chi connectivity index (χ0n) is 36.7. The van der Waals surface area contributed by atoms with E-state index in [-0.39, 0.29) is 5.41 Å². The van der Waals surface area contributed by atoms with Crippen molar-refractivity contribution in [2.45, 2.75) is 24.7 Å². The van der Waals surface area contributed by atoms with E-state index in [9.17, 15) is 0 Å². The first-order valence-corrected chi connectivity index (χ1v) is 23.9. The second-order valence-corrected chi connectivity index (χ2v) is 19.7. The predicted octanol–water partition coefficient (Wildman–Crippen LogP) is 17.5. The largest absolute Gasteiger partial charge is 0.310 e. The molecule has 0 amide bonds. The molecule has 1 nitrogen and oxygen atoms in total. The molecular weight excluding hydrogens is 815 g/mol. The highest BCUT2D eigenvalue weighted by Gasteiger charge is 2.52. The molecule has 0 radical (unpaired) electrons. The standard InChI is InChI=1S/C64H43NS/c1-63(2)52-24-8-5-19-50(52)60-44(21-14-28-56(60)63)40-32-36-42(37-33-40)65(43-38-34-41(35-39-43)45-22-13-23-49-48-18-7-12-31-59(48)66-62(45)49)58-30-15-29-57-61(58)51-20-6-11-27-55(51)64(57)53-25-9-3-16-46(53)47-17-4-10-26-54(47)64/h3-39H,1-2H3. The van der Waals surface area contributed by atoms with E-state index >= 15 is 0 Å². The molecule has 0 saturated carbocycles. The molecule has 3 aliphatic carbocycles. The van der Waals surface area contributed by atoms with Gasteiger partial charge in [0.05, 0.1) is 11.1 Å². The summed E-state index contributed by atoms with van der Waals surface area (Å²) < 4.78 is 2.65.